The van der Waals surface area contributed by atoms with Gasteiger partial charge in [-0.1, -0.05) is 11.6 Å². The van der Waals surface area contributed by atoms with Gasteiger partial charge in [-0.3, -0.25) is 14.2 Å². The third kappa shape index (κ3) is 3.64. The minimum atomic E-state index is -0.0159. The van der Waals surface area contributed by atoms with Gasteiger partial charge in [0.15, 0.2) is 0 Å². The molecule has 0 bridgehead atoms. The fraction of sp³-hybridized carbons (Fsp3) is 0.500. The predicted octanol–water partition coefficient (Wildman–Crippen LogP) is 2.03. The van der Waals surface area contributed by atoms with Gasteiger partial charge in [0, 0.05) is 38.1 Å². The van der Waals surface area contributed by atoms with Crippen LogP contribution >= 0.6 is 11.6 Å². The van der Waals surface area contributed by atoms with Crippen LogP contribution in [0.2, 0.25) is 5.02 Å². The maximum Gasteiger partial charge on any atom is 0.244 e. The Kier molecular flexibility index (Phi) is 4.67. The van der Waals surface area contributed by atoms with Crippen LogP contribution in [0.5, 0.6) is 0 Å². The number of hydrogen-bond acceptors (Lipinski definition) is 3. The van der Waals surface area contributed by atoms with Gasteiger partial charge >= 0.3 is 0 Å². The van der Waals surface area contributed by atoms with Crippen molar-refractivity contribution < 1.29 is 4.79 Å². The van der Waals surface area contributed by atoms with Gasteiger partial charge < -0.3 is 4.90 Å². The average Bonchev–Trinajstić information content (AvgIpc) is 2.93. The van der Waals surface area contributed by atoms with Crippen molar-refractivity contribution in [2.75, 3.05) is 7.05 Å². The van der Waals surface area contributed by atoms with E-state index in [2.05, 4.69) is 10.2 Å². The summed E-state index contributed by atoms with van der Waals surface area (Å²) in [6.45, 7) is 7.36. The van der Waals surface area contributed by atoms with Crippen molar-refractivity contribution in [3.63, 3.8) is 0 Å². The molecule has 21 heavy (non-hydrogen) atoms. The topological polar surface area (TPSA) is 56.0 Å². The van der Waals surface area contributed by atoms with E-state index < -0.39 is 0 Å². The van der Waals surface area contributed by atoms with Crippen LogP contribution in [0, 0.1) is 13.8 Å². The highest BCUT2D eigenvalue weighted by molar-refractivity contribution is 6.31. The number of aryl methyl sites for hydroxylation is 3. The van der Waals surface area contributed by atoms with E-state index in [1.54, 1.807) is 22.8 Å². The molecular formula is C14H20ClN5O. The van der Waals surface area contributed by atoms with E-state index in [1.165, 1.54) is 0 Å². The number of amides is 1. The van der Waals surface area contributed by atoms with Gasteiger partial charge in [0.2, 0.25) is 5.91 Å². The van der Waals surface area contributed by atoms with E-state index in [1.807, 2.05) is 31.6 Å². The number of nitrogens with zero attached hydrogens (tertiary/aromatic N) is 5. The van der Waals surface area contributed by atoms with E-state index in [0.29, 0.717) is 11.6 Å². The smallest absolute Gasteiger partial charge is 0.244 e. The lowest BCUT2D eigenvalue weighted by atomic mass is 10.2. The van der Waals surface area contributed by atoms with Crippen molar-refractivity contribution in [1.82, 2.24) is 24.5 Å². The number of rotatable bonds is 5. The Labute approximate surface area is 129 Å². The second kappa shape index (κ2) is 6.30. The summed E-state index contributed by atoms with van der Waals surface area (Å²) in [7, 11) is 1.78. The van der Waals surface area contributed by atoms with Crippen LogP contribution in [0.1, 0.15) is 23.9 Å². The summed E-state index contributed by atoms with van der Waals surface area (Å²) in [4.78, 5) is 13.9. The molecule has 0 fully saturated rings. The minimum absolute atomic E-state index is 0.0159. The zero-order valence-electron chi connectivity index (χ0n) is 12.8. The number of likely N-dealkylation sites (N-methyl/N-ethyl adjacent to an activating group) is 1. The molecule has 7 heteroatoms. The number of hydrogen-bond donors (Lipinski definition) is 0. The molecule has 0 N–H and O–H groups in total. The van der Waals surface area contributed by atoms with Crippen molar-refractivity contribution >= 4 is 17.5 Å². The Hall–Kier alpha value is -1.82. The van der Waals surface area contributed by atoms with Crippen LogP contribution in [0.4, 0.5) is 0 Å². The molecule has 2 aromatic rings. The first-order valence-corrected chi connectivity index (χ1v) is 7.25. The van der Waals surface area contributed by atoms with Crippen molar-refractivity contribution in [1.29, 1.82) is 0 Å². The Balaban J connectivity index is 2.00. The molecule has 6 nitrogen and oxygen atoms in total. The molecule has 0 unspecified atom stereocenters. The van der Waals surface area contributed by atoms with Crippen LogP contribution in [0.25, 0.3) is 0 Å². The van der Waals surface area contributed by atoms with E-state index in [0.717, 1.165) is 23.5 Å². The predicted molar refractivity (Wildman–Crippen MR) is 81.1 cm³/mol. The first-order valence-electron chi connectivity index (χ1n) is 6.87. The monoisotopic (exact) mass is 309 g/mol. The molecule has 0 saturated heterocycles. The lowest BCUT2D eigenvalue weighted by molar-refractivity contribution is -0.131. The number of aromatic nitrogens is 4. The van der Waals surface area contributed by atoms with E-state index in [-0.39, 0.29) is 12.5 Å². The maximum atomic E-state index is 12.2. The molecule has 0 radical (unpaired) electrons. The second-order valence-corrected chi connectivity index (χ2v) is 5.51. The fourth-order valence-corrected chi connectivity index (χ4v) is 2.20. The highest BCUT2D eigenvalue weighted by atomic mass is 35.5. The van der Waals surface area contributed by atoms with Crippen LogP contribution < -0.4 is 0 Å². The standard InChI is InChI=1S/C14H20ClN5O/c1-5-19-7-12(10(2)16-19)6-18(4)14(21)9-20-8-13(15)11(3)17-20/h7-8H,5-6,9H2,1-4H3. The first-order chi connectivity index (χ1) is 9.90. The number of carbonyl (C=O) groups excluding carboxylic acids is 1. The van der Waals surface area contributed by atoms with Gasteiger partial charge in [0.25, 0.3) is 0 Å². The van der Waals surface area contributed by atoms with Gasteiger partial charge in [-0.05, 0) is 20.8 Å². The zero-order chi connectivity index (χ0) is 15.6. The van der Waals surface area contributed by atoms with Crippen LogP contribution in [0.3, 0.4) is 0 Å². The number of carbonyl (C=O) groups is 1. The van der Waals surface area contributed by atoms with Gasteiger partial charge in [-0.15, -0.1) is 0 Å². The lowest BCUT2D eigenvalue weighted by Crippen LogP contribution is -2.30. The molecule has 0 saturated carbocycles. The summed E-state index contributed by atoms with van der Waals surface area (Å²) >= 11 is 5.94. The third-order valence-electron chi connectivity index (χ3n) is 3.39. The van der Waals surface area contributed by atoms with Crippen molar-refractivity contribution in [2.45, 2.75) is 40.4 Å². The Morgan fingerprint density at radius 2 is 1.90 bits per heavy atom. The first kappa shape index (κ1) is 15.6. The Morgan fingerprint density at radius 1 is 1.24 bits per heavy atom. The molecule has 0 spiro atoms. The summed E-state index contributed by atoms with van der Waals surface area (Å²) < 4.78 is 3.44. The molecule has 0 aliphatic rings. The molecule has 2 rings (SSSR count). The van der Waals surface area contributed by atoms with E-state index in [9.17, 15) is 4.79 Å². The summed E-state index contributed by atoms with van der Waals surface area (Å²) in [5, 5.41) is 9.15. The molecule has 0 atom stereocenters. The molecule has 2 aromatic heterocycles. The lowest BCUT2D eigenvalue weighted by Gasteiger charge is -2.16. The van der Waals surface area contributed by atoms with Crippen LogP contribution in [-0.4, -0.2) is 37.4 Å². The van der Waals surface area contributed by atoms with E-state index in [4.69, 9.17) is 11.6 Å². The molecule has 2 heterocycles. The average molecular weight is 310 g/mol. The van der Waals surface area contributed by atoms with Crippen molar-refractivity contribution in [2.24, 2.45) is 0 Å². The zero-order valence-corrected chi connectivity index (χ0v) is 13.6. The molecule has 0 aliphatic heterocycles. The van der Waals surface area contributed by atoms with Crippen LogP contribution in [0.15, 0.2) is 12.4 Å². The second-order valence-electron chi connectivity index (χ2n) is 5.11. The molecule has 0 aromatic carbocycles. The number of halogens is 1. The van der Waals surface area contributed by atoms with E-state index >= 15 is 0 Å². The Bertz CT molecular complexity index is 626. The summed E-state index contributed by atoms with van der Waals surface area (Å²) in [6.07, 6.45) is 3.65. The summed E-state index contributed by atoms with van der Waals surface area (Å²) in [6, 6.07) is 0. The largest absolute Gasteiger partial charge is 0.340 e. The van der Waals surface area contributed by atoms with Gasteiger partial charge in [0.05, 0.1) is 16.4 Å². The minimum Gasteiger partial charge on any atom is -0.340 e. The highest BCUT2D eigenvalue weighted by Crippen LogP contribution is 2.13. The van der Waals surface area contributed by atoms with Crippen molar-refractivity contribution in [3.8, 4) is 0 Å². The molecule has 0 aliphatic carbocycles. The van der Waals surface area contributed by atoms with Gasteiger partial charge in [-0.25, -0.2) is 0 Å². The fourth-order valence-electron chi connectivity index (χ4n) is 2.05. The van der Waals surface area contributed by atoms with Gasteiger partial charge in [-0.2, -0.15) is 10.2 Å². The normalized spacial score (nSPS) is 10.9. The summed E-state index contributed by atoms with van der Waals surface area (Å²) in [5.74, 6) is -0.0159. The third-order valence-corrected chi connectivity index (χ3v) is 3.76. The quantitative estimate of drug-likeness (QED) is 0.849. The summed E-state index contributed by atoms with van der Waals surface area (Å²) in [5.41, 5.74) is 2.74. The van der Waals surface area contributed by atoms with Crippen LogP contribution in [-0.2, 0) is 24.4 Å². The molecule has 114 valence electrons. The highest BCUT2D eigenvalue weighted by Gasteiger charge is 2.14. The SMILES string of the molecule is CCn1cc(CN(C)C(=O)Cn2cc(Cl)c(C)n2)c(C)n1. The Morgan fingerprint density at radius 3 is 2.43 bits per heavy atom. The molecule has 1 amide bonds. The maximum absolute atomic E-state index is 12.2. The van der Waals surface area contributed by atoms with Crippen molar-refractivity contribution in [3.05, 3.63) is 34.4 Å². The molecular weight excluding hydrogens is 290 g/mol. The van der Waals surface area contributed by atoms with Gasteiger partial charge in [0.1, 0.15) is 6.54 Å².